The SMILES string of the molecule is CCOCCC(=O)N1CCC[C@H](c2ncn[nH]2)C1. The molecular formula is C12H20N4O2. The number of rotatable bonds is 5. The number of hydrogen-bond donors (Lipinski definition) is 1. The maximum atomic E-state index is 12.0. The van der Waals surface area contributed by atoms with Gasteiger partial charge in [0.15, 0.2) is 0 Å². The number of likely N-dealkylation sites (tertiary alicyclic amines) is 1. The fourth-order valence-corrected chi connectivity index (χ4v) is 2.30. The van der Waals surface area contributed by atoms with E-state index in [0.29, 0.717) is 19.6 Å². The zero-order chi connectivity index (χ0) is 12.8. The molecule has 1 saturated heterocycles. The van der Waals surface area contributed by atoms with E-state index in [1.54, 1.807) is 0 Å². The first-order chi connectivity index (χ1) is 8.81. The predicted molar refractivity (Wildman–Crippen MR) is 66.0 cm³/mol. The van der Waals surface area contributed by atoms with Gasteiger partial charge in [-0.05, 0) is 19.8 Å². The predicted octanol–water partition coefficient (Wildman–Crippen LogP) is 0.937. The molecule has 1 fully saturated rings. The van der Waals surface area contributed by atoms with Gasteiger partial charge < -0.3 is 9.64 Å². The van der Waals surface area contributed by atoms with E-state index in [4.69, 9.17) is 4.74 Å². The van der Waals surface area contributed by atoms with Gasteiger partial charge in [-0.15, -0.1) is 0 Å². The standard InChI is InChI=1S/C12H20N4O2/c1-2-18-7-5-11(17)16-6-3-4-10(8-16)12-13-9-14-15-12/h9-10H,2-8H2,1H3,(H,13,14,15)/t10-/m0/s1. The highest BCUT2D eigenvalue weighted by Gasteiger charge is 2.25. The Labute approximate surface area is 107 Å². The Morgan fingerprint density at radius 1 is 1.67 bits per heavy atom. The number of nitrogens with one attached hydrogen (secondary N) is 1. The Balaban J connectivity index is 1.84. The number of amides is 1. The Kier molecular flexibility index (Phi) is 4.69. The molecule has 100 valence electrons. The summed E-state index contributed by atoms with van der Waals surface area (Å²) in [4.78, 5) is 18.1. The Morgan fingerprint density at radius 3 is 3.28 bits per heavy atom. The van der Waals surface area contributed by atoms with Gasteiger partial charge in [-0.3, -0.25) is 9.89 Å². The number of ether oxygens (including phenoxy) is 1. The molecule has 0 aromatic carbocycles. The summed E-state index contributed by atoms with van der Waals surface area (Å²) in [5.74, 6) is 1.35. The monoisotopic (exact) mass is 252 g/mol. The van der Waals surface area contributed by atoms with Crippen molar-refractivity contribution in [2.75, 3.05) is 26.3 Å². The molecule has 6 nitrogen and oxygen atoms in total. The lowest BCUT2D eigenvalue weighted by atomic mass is 9.97. The first-order valence-electron chi connectivity index (χ1n) is 6.52. The van der Waals surface area contributed by atoms with Crippen molar-refractivity contribution < 1.29 is 9.53 Å². The van der Waals surface area contributed by atoms with Gasteiger partial charge in [0.2, 0.25) is 5.91 Å². The van der Waals surface area contributed by atoms with Gasteiger partial charge in [0.1, 0.15) is 12.2 Å². The molecule has 1 aromatic rings. The molecule has 1 aromatic heterocycles. The Hall–Kier alpha value is -1.43. The molecule has 0 spiro atoms. The van der Waals surface area contributed by atoms with Crippen molar-refractivity contribution in [3.63, 3.8) is 0 Å². The molecule has 2 heterocycles. The van der Waals surface area contributed by atoms with Crippen LogP contribution in [0, 0.1) is 0 Å². The van der Waals surface area contributed by atoms with E-state index in [-0.39, 0.29) is 11.8 Å². The fraction of sp³-hybridized carbons (Fsp3) is 0.750. The number of hydrogen-bond acceptors (Lipinski definition) is 4. The number of H-pyrrole nitrogens is 1. The van der Waals surface area contributed by atoms with E-state index >= 15 is 0 Å². The molecule has 1 aliphatic rings. The van der Waals surface area contributed by atoms with Crippen molar-refractivity contribution >= 4 is 5.91 Å². The summed E-state index contributed by atoms with van der Waals surface area (Å²) in [6.07, 6.45) is 4.07. The molecule has 1 atom stereocenters. The van der Waals surface area contributed by atoms with Gasteiger partial charge in [0.05, 0.1) is 13.0 Å². The van der Waals surface area contributed by atoms with Crippen LogP contribution < -0.4 is 0 Å². The van der Waals surface area contributed by atoms with Gasteiger partial charge in [0.25, 0.3) is 0 Å². The summed E-state index contributed by atoms with van der Waals surface area (Å²) in [5.41, 5.74) is 0. The summed E-state index contributed by atoms with van der Waals surface area (Å²) in [7, 11) is 0. The lowest BCUT2D eigenvalue weighted by Gasteiger charge is -2.31. The van der Waals surface area contributed by atoms with Crippen molar-refractivity contribution in [2.45, 2.75) is 32.1 Å². The number of piperidine rings is 1. The molecule has 0 bridgehead atoms. The highest BCUT2D eigenvalue weighted by Crippen LogP contribution is 2.24. The fourth-order valence-electron chi connectivity index (χ4n) is 2.30. The van der Waals surface area contributed by atoms with Crippen LogP contribution in [0.5, 0.6) is 0 Å². The van der Waals surface area contributed by atoms with Gasteiger partial charge in [-0.25, -0.2) is 4.98 Å². The lowest BCUT2D eigenvalue weighted by molar-refractivity contribution is -0.133. The molecule has 18 heavy (non-hydrogen) atoms. The van der Waals surface area contributed by atoms with Crippen molar-refractivity contribution in [1.29, 1.82) is 0 Å². The smallest absolute Gasteiger partial charge is 0.224 e. The third-order valence-electron chi connectivity index (χ3n) is 3.26. The number of nitrogens with zero attached hydrogens (tertiary/aromatic N) is 3. The Bertz CT molecular complexity index is 366. The first-order valence-corrected chi connectivity index (χ1v) is 6.52. The topological polar surface area (TPSA) is 71.1 Å². The molecular weight excluding hydrogens is 232 g/mol. The minimum Gasteiger partial charge on any atom is -0.381 e. The normalized spacial score (nSPS) is 20.1. The molecule has 0 aliphatic carbocycles. The minimum absolute atomic E-state index is 0.174. The number of carbonyl (C=O) groups is 1. The molecule has 0 saturated carbocycles. The van der Waals surface area contributed by atoms with Crippen LogP contribution in [-0.2, 0) is 9.53 Å². The highest BCUT2D eigenvalue weighted by atomic mass is 16.5. The van der Waals surface area contributed by atoms with Crippen LogP contribution in [0.3, 0.4) is 0 Å². The molecule has 0 radical (unpaired) electrons. The largest absolute Gasteiger partial charge is 0.381 e. The second-order valence-electron chi connectivity index (χ2n) is 4.50. The number of carbonyl (C=O) groups excluding carboxylic acids is 1. The van der Waals surface area contributed by atoms with E-state index in [1.165, 1.54) is 6.33 Å². The van der Waals surface area contributed by atoms with E-state index in [1.807, 2.05) is 11.8 Å². The van der Waals surface area contributed by atoms with Crippen molar-refractivity contribution in [2.24, 2.45) is 0 Å². The maximum Gasteiger partial charge on any atom is 0.224 e. The minimum atomic E-state index is 0.174. The van der Waals surface area contributed by atoms with Crippen LogP contribution >= 0.6 is 0 Å². The van der Waals surface area contributed by atoms with Gasteiger partial charge in [0, 0.05) is 25.6 Å². The van der Waals surface area contributed by atoms with Crippen LogP contribution in [0.4, 0.5) is 0 Å². The summed E-state index contributed by atoms with van der Waals surface area (Å²) in [6.45, 7) is 4.69. The summed E-state index contributed by atoms with van der Waals surface area (Å²) >= 11 is 0. The van der Waals surface area contributed by atoms with Crippen molar-refractivity contribution in [3.05, 3.63) is 12.2 Å². The van der Waals surface area contributed by atoms with Crippen LogP contribution in [0.2, 0.25) is 0 Å². The quantitative estimate of drug-likeness (QED) is 0.792. The van der Waals surface area contributed by atoms with Gasteiger partial charge in [-0.2, -0.15) is 5.10 Å². The van der Waals surface area contributed by atoms with Crippen LogP contribution in [0.1, 0.15) is 37.9 Å². The molecule has 6 heteroatoms. The average molecular weight is 252 g/mol. The zero-order valence-electron chi connectivity index (χ0n) is 10.8. The van der Waals surface area contributed by atoms with Gasteiger partial charge in [-0.1, -0.05) is 0 Å². The molecule has 1 N–H and O–H groups in total. The summed E-state index contributed by atoms with van der Waals surface area (Å²) < 4.78 is 5.22. The third kappa shape index (κ3) is 3.29. The lowest BCUT2D eigenvalue weighted by Crippen LogP contribution is -2.39. The first kappa shape index (κ1) is 13.0. The molecule has 2 rings (SSSR count). The van der Waals surface area contributed by atoms with E-state index < -0.39 is 0 Å². The number of aromatic nitrogens is 3. The van der Waals surface area contributed by atoms with E-state index in [9.17, 15) is 4.79 Å². The summed E-state index contributed by atoms with van der Waals surface area (Å²) in [6, 6.07) is 0. The highest BCUT2D eigenvalue weighted by molar-refractivity contribution is 5.76. The van der Waals surface area contributed by atoms with E-state index in [2.05, 4.69) is 15.2 Å². The van der Waals surface area contributed by atoms with Crippen molar-refractivity contribution in [1.82, 2.24) is 20.1 Å². The molecule has 1 amide bonds. The van der Waals surface area contributed by atoms with Crippen LogP contribution in [-0.4, -0.2) is 52.3 Å². The van der Waals surface area contributed by atoms with Gasteiger partial charge >= 0.3 is 0 Å². The second-order valence-corrected chi connectivity index (χ2v) is 4.50. The van der Waals surface area contributed by atoms with Crippen LogP contribution in [0.25, 0.3) is 0 Å². The maximum absolute atomic E-state index is 12.0. The van der Waals surface area contributed by atoms with Crippen molar-refractivity contribution in [3.8, 4) is 0 Å². The average Bonchev–Trinajstić information content (AvgIpc) is 2.93. The summed E-state index contributed by atoms with van der Waals surface area (Å²) in [5, 5.41) is 6.76. The zero-order valence-corrected chi connectivity index (χ0v) is 10.8. The number of aromatic amines is 1. The third-order valence-corrected chi connectivity index (χ3v) is 3.26. The molecule has 0 unspecified atom stereocenters. The van der Waals surface area contributed by atoms with Crippen LogP contribution in [0.15, 0.2) is 6.33 Å². The Morgan fingerprint density at radius 2 is 2.56 bits per heavy atom. The van der Waals surface area contributed by atoms with E-state index in [0.717, 1.165) is 31.8 Å². The second kappa shape index (κ2) is 6.49. The molecule has 1 aliphatic heterocycles.